The maximum Gasteiger partial charge on any atom is 0.335 e. The molecule has 4 rings (SSSR count). The second-order valence-corrected chi connectivity index (χ2v) is 12.7. The van der Waals surface area contributed by atoms with Gasteiger partial charge in [0.1, 0.15) is 0 Å². The minimum atomic E-state index is -3.33. The van der Waals surface area contributed by atoms with Crippen LogP contribution >= 0.6 is 0 Å². The van der Waals surface area contributed by atoms with E-state index in [9.17, 15) is 18.3 Å². The van der Waals surface area contributed by atoms with Gasteiger partial charge >= 0.3 is 5.97 Å². The number of nitrogens with zero attached hydrogens (tertiary/aromatic N) is 2. The molecule has 1 aromatic heterocycles. The van der Waals surface area contributed by atoms with Crippen LogP contribution in [0.2, 0.25) is 0 Å². The summed E-state index contributed by atoms with van der Waals surface area (Å²) < 4.78 is 25.8. The van der Waals surface area contributed by atoms with Gasteiger partial charge in [0.25, 0.3) is 0 Å². The lowest BCUT2D eigenvalue weighted by atomic mass is 9.83. The van der Waals surface area contributed by atoms with Gasteiger partial charge in [-0.05, 0) is 77.1 Å². The molecule has 192 valence electrons. The first-order valence-corrected chi connectivity index (χ1v) is 14.0. The van der Waals surface area contributed by atoms with Crippen LogP contribution in [-0.4, -0.2) is 35.5 Å². The van der Waals surface area contributed by atoms with Crippen molar-refractivity contribution in [1.82, 2.24) is 9.78 Å². The van der Waals surface area contributed by atoms with Gasteiger partial charge in [-0.2, -0.15) is 5.10 Å². The summed E-state index contributed by atoms with van der Waals surface area (Å²) in [5.41, 5.74) is 6.64. The second kappa shape index (κ2) is 9.63. The van der Waals surface area contributed by atoms with E-state index in [0.29, 0.717) is 11.6 Å². The van der Waals surface area contributed by atoms with E-state index in [-0.39, 0.29) is 15.9 Å². The normalized spacial score (nSPS) is 12.2. The molecule has 0 fully saturated rings. The maximum absolute atomic E-state index is 12.0. The molecule has 0 radical (unpaired) electrons. The minimum absolute atomic E-state index is 0.0584. The number of carbonyl (C=O) groups is 1. The van der Waals surface area contributed by atoms with Crippen LogP contribution in [0.1, 0.15) is 62.0 Å². The molecule has 0 atom stereocenters. The smallest absolute Gasteiger partial charge is 0.335 e. The minimum Gasteiger partial charge on any atom is -0.478 e. The van der Waals surface area contributed by atoms with Gasteiger partial charge in [0.05, 0.1) is 27.5 Å². The molecular weight excluding hydrogens is 484 g/mol. The lowest BCUT2D eigenvalue weighted by Crippen LogP contribution is -2.12. The topological polar surface area (TPSA) is 89.3 Å². The largest absolute Gasteiger partial charge is 0.478 e. The van der Waals surface area contributed by atoms with Gasteiger partial charge in [0, 0.05) is 17.4 Å². The van der Waals surface area contributed by atoms with Crippen molar-refractivity contribution in [1.29, 1.82) is 0 Å². The predicted octanol–water partition coefficient (Wildman–Crippen LogP) is 6.73. The molecule has 0 saturated heterocycles. The van der Waals surface area contributed by atoms with E-state index in [2.05, 4.69) is 52.8 Å². The van der Waals surface area contributed by atoms with Crippen molar-refractivity contribution in [2.45, 2.75) is 50.8 Å². The number of hydrogen-bond donors (Lipinski definition) is 1. The van der Waals surface area contributed by atoms with Crippen LogP contribution in [-0.2, 0) is 15.3 Å². The highest BCUT2D eigenvalue weighted by Gasteiger charge is 2.20. The molecule has 0 amide bonds. The Morgan fingerprint density at radius 3 is 2.03 bits per heavy atom. The van der Waals surface area contributed by atoms with Gasteiger partial charge in [0.2, 0.25) is 0 Å². The van der Waals surface area contributed by atoms with Gasteiger partial charge in [-0.15, -0.1) is 0 Å². The zero-order valence-electron chi connectivity index (χ0n) is 22.0. The number of aromatic carboxylic acids is 1. The third-order valence-corrected chi connectivity index (χ3v) is 7.56. The Bertz CT molecular complexity index is 1560. The SMILES string of the molecule is CC(C)c1cc(-c2cc(-c3ccc(C(=O)O)cc3)nn2-c2ccc(S(C)(=O)=O)cc2)cc(C(C)(C)C)c1. The number of aromatic nitrogens is 2. The summed E-state index contributed by atoms with van der Waals surface area (Å²) in [5.74, 6) is -0.654. The fourth-order valence-electron chi connectivity index (χ4n) is 4.11. The Morgan fingerprint density at radius 2 is 1.51 bits per heavy atom. The van der Waals surface area contributed by atoms with E-state index in [1.165, 1.54) is 17.4 Å². The van der Waals surface area contributed by atoms with Crippen molar-refractivity contribution >= 4 is 15.8 Å². The Hall–Kier alpha value is -3.71. The van der Waals surface area contributed by atoms with Gasteiger partial charge in [0.15, 0.2) is 9.84 Å². The lowest BCUT2D eigenvalue weighted by molar-refractivity contribution is 0.0697. The number of carboxylic acids is 1. The van der Waals surface area contributed by atoms with Crippen LogP contribution in [0.15, 0.2) is 77.7 Å². The summed E-state index contributed by atoms with van der Waals surface area (Å²) in [6.45, 7) is 10.9. The van der Waals surface area contributed by atoms with Crippen LogP contribution < -0.4 is 0 Å². The Labute approximate surface area is 218 Å². The van der Waals surface area contributed by atoms with Crippen molar-refractivity contribution in [3.05, 3.63) is 89.5 Å². The van der Waals surface area contributed by atoms with Gasteiger partial charge in [-0.3, -0.25) is 0 Å². The summed E-state index contributed by atoms with van der Waals surface area (Å²) in [6.07, 6.45) is 1.19. The summed E-state index contributed by atoms with van der Waals surface area (Å²) in [5, 5.41) is 14.2. The van der Waals surface area contributed by atoms with E-state index < -0.39 is 15.8 Å². The molecule has 0 aliphatic heterocycles. The fourth-order valence-corrected chi connectivity index (χ4v) is 4.74. The van der Waals surface area contributed by atoms with E-state index in [4.69, 9.17) is 5.10 Å². The number of benzene rings is 3. The first kappa shape index (κ1) is 26.4. The van der Waals surface area contributed by atoms with Crippen LogP contribution in [0.25, 0.3) is 28.2 Å². The zero-order chi connectivity index (χ0) is 27.1. The van der Waals surface area contributed by atoms with Gasteiger partial charge in [-0.25, -0.2) is 17.9 Å². The first-order chi connectivity index (χ1) is 17.2. The molecule has 0 unspecified atom stereocenters. The molecule has 7 heteroatoms. The second-order valence-electron chi connectivity index (χ2n) is 10.7. The molecular formula is C30H32N2O4S. The molecule has 0 aliphatic rings. The molecule has 6 nitrogen and oxygen atoms in total. The van der Waals surface area contributed by atoms with Crippen molar-refractivity contribution in [2.24, 2.45) is 0 Å². The third kappa shape index (κ3) is 5.67. The van der Waals surface area contributed by atoms with Crippen LogP contribution in [0.5, 0.6) is 0 Å². The van der Waals surface area contributed by atoms with Crippen molar-refractivity contribution in [3.63, 3.8) is 0 Å². The standard InChI is InChI=1S/C30H32N2O4S/c1-19(2)22-15-23(17-24(16-22)30(3,4)5)28-18-27(20-7-9-21(10-8-20)29(33)34)31-32(28)25-11-13-26(14-12-25)37(6,35)36/h7-19H,1-6H3,(H,33,34). The van der Waals surface area contributed by atoms with Crippen LogP contribution in [0.3, 0.4) is 0 Å². The third-order valence-electron chi connectivity index (χ3n) is 6.43. The quantitative estimate of drug-likeness (QED) is 0.307. The average molecular weight is 517 g/mol. The highest BCUT2D eigenvalue weighted by molar-refractivity contribution is 7.90. The number of hydrogen-bond acceptors (Lipinski definition) is 4. The average Bonchev–Trinajstić information content (AvgIpc) is 3.28. The highest BCUT2D eigenvalue weighted by atomic mass is 32.2. The first-order valence-electron chi connectivity index (χ1n) is 12.1. The molecule has 0 bridgehead atoms. The van der Waals surface area contributed by atoms with Gasteiger partial charge < -0.3 is 5.11 Å². The zero-order valence-corrected chi connectivity index (χ0v) is 22.8. The Balaban J connectivity index is 1.94. The molecule has 1 heterocycles. The van der Waals surface area contributed by atoms with E-state index >= 15 is 0 Å². The summed E-state index contributed by atoms with van der Waals surface area (Å²) in [4.78, 5) is 11.6. The van der Waals surface area contributed by atoms with Crippen molar-refractivity contribution in [2.75, 3.05) is 6.26 Å². The van der Waals surface area contributed by atoms with Gasteiger partial charge in [-0.1, -0.05) is 52.8 Å². The number of sulfone groups is 1. The highest BCUT2D eigenvalue weighted by Crippen LogP contribution is 2.35. The summed E-state index contributed by atoms with van der Waals surface area (Å²) in [6, 6.07) is 21.9. The van der Waals surface area contributed by atoms with Crippen molar-refractivity contribution < 1.29 is 18.3 Å². The molecule has 3 aromatic carbocycles. The molecule has 37 heavy (non-hydrogen) atoms. The summed E-state index contributed by atoms with van der Waals surface area (Å²) >= 11 is 0. The molecule has 0 spiro atoms. The Morgan fingerprint density at radius 1 is 0.892 bits per heavy atom. The maximum atomic E-state index is 12.0. The van der Waals surface area contributed by atoms with Crippen molar-refractivity contribution in [3.8, 4) is 28.2 Å². The number of rotatable bonds is 6. The molecule has 0 saturated carbocycles. The fraction of sp³-hybridized carbons (Fsp3) is 0.267. The molecule has 1 N–H and O–H groups in total. The molecule has 0 aliphatic carbocycles. The number of carboxylic acid groups (broad SMARTS) is 1. The van der Waals surface area contributed by atoms with E-state index in [0.717, 1.165) is 22.5 Å². The summed E-state index contributed by atoms with van der Waals surface area (Å²) in [7, 11) is -3.33. The van der Waals surface area contributed by atoms with E-state index in [1.54, 1.807) is 48.5 Å². The monoisotopic (exact) mass is 516 g/mol. The molecule has 4 aromatic rings. The lowest BCUT2D eigenvalue weighted by Gasteiger charge is -2.22. The van der Waals surface area contributed by atoms with Crippen LogP contribution in [0, 0.1) is 0 Å². The predicted molar refractivity (Wildman–Crippen MR) is 147 cm³/mol. The van der Waals surface area contributed by atoms with E-state index in [1.807, 2.05) is 10.7 Å². The Kier molecular flexibility index (Phi) is 6.86. The van der Waals surface area contributed by atoms with Crippen LogP contribution in [0.4, 0.5) is 0 Å².